The number of hydrogen-bond acceptors (Lipinski definition) is 6. The number of anilines is 1. The molecular weight excluding hydrogens is 298 g/mol. The molecule has 0 saturated carbocycles. The highest BCUT2D eigenvalue weighted by Crippen LogP contribution is 2.37. The molecule has 0 bridgehead atoms. The second-order valence-corrected chi connectivity index (χ2v) is 6.56. The minimum atomic E-state index is -0.618. The topological polar surface area (TPSA) is 75.4 Å². The number of nitrogens with one attached hydrogen (secondary N) is 1. The van der Waals surface area contributed by atoms with Crippen molar-refractivity contribution in [1.29, 1.82) is 0 Å². The lowest BCUT2D eigenvalue weighted by molar-refractivity contribution is -0.111. The summed E-state index contributed by atoms with van der Waals surface area (Å²) in [6.07, 6.45) is 2.29. The number of nitrogens with two attached hydrogens (primary N) is 1. The molecule has 1 aromatic rings. The van der Waals surface area contributed by atoms with Gasteiger partial charge >= 0.3 is 0 Å². The predicted molar refractivity (Wildman–Crippen MR) is 88.5 cm³/mol. The van der Waals surface area contributed by atoms with Crippen LogP contribution in [0.4, 0.5) is 5.69 Å². The molecule has 2 aliphatic heterocycles. The van der Waals surface area contributed by atoms with Crippen LogP contribution < -0.4 is 11.1 Å². The van der Waals surface area contributed by atoms with Gasteiger partial charge in [0.15, 0.2) is 5.78 Å². The summed E-state index contributed by atoms with van der Waals surface area (Å²) in [4.78, 5) is 25.5. The molecule has 1 atom stereocenters. The van der Waals surface area contributed by atoms with Gasteiger partial charge in [-0.3, -0.25) is 9.59 Å². The Bertz CT molecular complexity index is 633. The lowest BCUT2D eigenvalue weighted by Gasteiger charge is -2.20. The van der Waals surface area contributed by atoms with Gasteiger partial charge in [-0.25, -0.2) is 0 Å². The van der Waals surface area contributed by atoms with E-state index in [1.807, 2.05) is 12.1 Å². The number of ketones is 1. The number of Topliss-reactive ketones (excluding diaryl/α,β-unsaturated/α-hetero) is 1. The van der Waals surface area contributed by atoms with Crippen LogP contribution in [0, 0.1) is 0 Å². The molecule has 3 rings (SSSR count). The van der Waals surface area contributed by atoms with E-state index in [-0.39, 0.29) is 10.9 Å². The molecule has 5 nitrogen and oxygen atoms in total. The lowest BCUT2D eigenvalue weighted by atomic mass is 10.1. The Balaban J connectivity index is 1.85. The summed E-state index contributed by atoms with van der Waals surface area (Å²) in [7, 11) is 0. The zero-order valence-corrected chi connectivity index (χ0v) is 13.3. The van der Waals surface area contributed by atoms with Crippen LogP contribution in [0.1, 0.15) is 30.1 Å². The molecule has 22 heavy (non-hydrogen) atoms. The van der Waals surface area contributed by atoms with Crippen molar-refractivity contribution in [2.24, 2.45) is 5.73 Å². The van der Waals surface area contributed by atoms with E-state index in [0.29, 0.717) is 5.56 Å². The third kappa shape index (κ3) is 2.89. The SMILES string of the molecule is CC(=O)c1ccc(NC2=C(N3CCCC3)SC(=O)C2N)cc1. The first kappa shape index (κ1) is 15.1. The molecule has 0 radical (unpaired) electrons. The standard InChI is InChI=1S/C16H19N3O2S/c1-10(20)11-4-6-12(7-5-11)18-14-13(17)16(21)22-15(14)19-8-2-3-9-19/h4-7,13,18H,2-3,8-9,17H2,1H3. The molecule has 1 fully saturated rings. The second-order valence-electron chi connectivity index (χ2n) is 5.57. The highest BCUT2D eigenvalue weighted by molar-refractivity contribution is 8.17. The van der Waals surface area contributed by atoms with Crippen LogP contribution in [0.2, 0.25) is 0 Å². The van der Waals surface area contributed by atoms with Gasteiger partial charge < -0.3 is 16.0 Å². The van der Waals surface area contributed by atoms with Gasteiger partial charge in [-0.15, -0.1) is 0 Å². The Morgan fingerprint density at radius 1 is 1.27 bits per heavy atom. The van der Waals surface area contributed by atoms with Gasteiger partial charge in [0.1, 0.15) is 11.1 Å². The molecule has 1 saturated heterocycles. The smallest absolute Gasteiger partial charge is 0.217 e. The zero-order chi connectivity index (χ0) is 15.7. The molecule has 1 aromatic carbocycles. The fraction of sp³-hybridized carbons (Fsp3) is 0.375. The highest BCUT2D eigenvalue weighted by atomic mass is 32.2. The molecule has 3 N–H and O–H groups in total. The minimum absolute atomic E-state index is 0.0234. The van der Waals surface area contributed by atoms with Crippen LogP contribution in [0.5, 0.6) is 0 Å². The molecule has 0 spiro atoms. The van der Waals surface area contributed by atoms with Crippen molar-refractivity contribution in [3.63, 3.8) is 0 Å². The van der Waals surface area contributed by atoms with Crippen LogP contribution >= 0.6 is 11.8 Å². The van der Waals surface area contributed by atoms with Crippen molar-refractivity contribution in [2.45, 2.75) is 25.8 Å². The van der Waals surface area contributed by atoms with Crippen LogP contribution in [-0.2, 0) is 4.79 Å². The summed E-state index contributed by atoms with van der Waals surface area (Å²) in [5, 5.41) is 4.20. The first-order valence-electron chi connectivity index (χ1n) is 7.40. The molecular formula is C16H19N3O2S. The highest BCUT2D eigenvalue weighted by Gasteiger charge is 2.35. The Labute approximate surface area is 133 Å². The van der Waals surface area contributed by atoms with E-state index in [4.69, 9.17) is 5.73 Å². The van der Waals surface area contributed by atoms with Crippen molar-refractivity contribution in [1.82, 2.24) is 4.90 Å². The largest absolute Gasteiger partial charge is 0.365 e. The maximum Gasteiger partial charge on any atom is 0.217 e. The van der Waals surface area contributed by atoms with Crippen molar-refractivity contribution in [3.8, 4) is 0 Å². The number of benzene rings is 1. The van der Waals surface area contributed by atoms with Gasteiger partial charge in [0.2, 0.25) is 5.12 Å². The zero-order valence-electron chi connectivity index (χ0n) is 12.5. The molecule has 2 aliphatic rings. The number of rotatable bonds is 4. The van der Waals surface area contributed by atoms with Crippen molar-refractivity contribution < 1.29 is 9.59 Å². The van der Waals surface area contributed by atoms with Crippen molar-refractivity contribution in [3.05, 3.63) is 40.6 Å². The van der Waals surface area contributed by atoms with E-state index in [9.17, 15) is 9.59 Å². The van der Waals surface area contributed by atoms with Gasteiger partial charge in [0.05, 0.1) is 5.70 Å². The summed E-state index contributed by atoms with van der Waals surface area (Å²) < 4.78 is 0. The van der Waals surface area contributed by atoms with Crippen LogP contribution in [0.3, 0.4) is 0 Å². The summed E-state index contributed by atoms with van der Waals surface area (Å²) >= 11 is 1.23. The second kappa shape index (κ2) is 6.14. The van der Waals surface area contributed by atoms with Gasteiger partial charge in [0.25, 0.3) is 0 Å². The van der Waals surface area contributed by atoms with E-state index in [1.165, 1.54) is 11.8 Å². The number of carbonyl (C=O) groups excluding carboxylic acids is 2. The predicted octanol–water partition coefficient (Wildman–Crippen LogP) is 2.17. The van der Waals surface area contributed by atoms with E-state index < -0.39 is 6.04 Å². The maximum atomic E-state index is 12.0. The van der Waals surface area contributed by atoms with Crippen molar-refractivity contribution >= 4 is 28.3 Å². The average molecular weight is 317 g/mol. The molecule has 1 unspecified atom stereocenters. The first-order chi connectivity index (χ1) is 10.6. The molecule has 116 valence electrons. The van der Waals surface area contributed by atoms with Gasteiger partial charge in [-0.05, 0) is 55.8 Å². The van der Waals surface area contributed by atoms with E-state index in [2.05, 4.69) is 10.2 Å². The Morgan fingerprint density at radius 2 is 1.91 bits per heavy atom. The Morgan fingerprint density at radius 3 is 2.50 bits per heavy atom. The lowest BCUT2D eigenvalue weighted by Crippen LogP contribution is -2.31. The molecule has 6 heteroatoms. The normalized spacial score (nSPS) is 21.6. The number of hydrogen-bond donors (Lipinski definition) is 2. The quantitative estimate of drug-likeness (QED) is 0.829. The number of nitrogens with zero attached hydrogens (tertiary/aromatic N) is 1. The van der Waals surface area contributed by atoms with E-state index in [1.54, 1.807) is 19.1 Å². The third-order valence-electron chi connectivity index (χ3n) is 3.96. The molecule has 0 aromatic heterocycles. The van der Waals surface area contributed by atoms with Gasteiger partial charge in [-0.1, -0.05) is 0 Å². The molecule has 0 aliphatic carbocycles. The van der Waals surface area contributed by atoms with Crippen LogP contribution in [0.15, 0.2) is 35.0 Å². The minimum Gasteiger partial charge on any atom is -0.365 e. The molecule has 2 heterocycles. The summed E-state index contributed by atoms with van der Waals surface area (Å²) in [6.45, 7) is 3.48. The van der Waals surface area contributed by atoms with Gasteiger partial charge in [0, 0.05) is 24.3 Å². The Hall–Kier alpha value is -1.79. The monoisotopic (exact) mass is 317 g/mol. The van der Waals surface area contributed by atoms with Crippen LogP contribution in [-0.4, -0.2) is 34.9 Å². The fourth-order valence-electron chi connectivity index (χ4n) is 2.69. The number of likely N-dealkylation sites (tertiary alicyclic amines) is 1. The summed E-state index contributed by atoms with van der Waals surface area (Å²) in [6, 6.07) is 6.61. The first-order valence-corrected chi connectivity index (χ1v) is 8.22. The van der Waals surface area contributed by atoms with Crippen LogP contribution in [0.25, 0.3) is 0 Å². The summed E-state index contributed by atoms with van der Waals surface area (Å²) in [5.41, 5.74) is 8.31. The fourth-order valence-corrected chi connectivity index (χ4v) is 3.73. The maximum absolute atomic E-state index is 12.0. The summed E-state index contributed by atoms with van der Waals surface area (Å²) in [5.74, 6) is 0.0341. The van der Waals surface area contributed by atoms with Crippen molar-refractivity contribution in [2.75, 3.05) is 18.4 Å². The third-order valence-corrected chi connectivity index (χ3v) is 5.08. The van der Waals surface area contributed by atoms with Gasteiger partial charge in [-0.2, -0.15) is 0 Å². The Kier molecular flexibility index (Phi) is 4.22. The average Bonchev–Trinajstić information content (AvgIpc) is 3.12. The van der Waals surface area contributed by atoms with E-state index >= 15 is 0 Å². The number of thioether (sulfide) groups is 1. The van der Waals surface area contributed by atoms with E-state index in [0.717, 1.165) is 42.3 Å². The molecule has 0 amide bonds. The number of carbonyl (C=O) groups is 2.